The lowest BCUT2D eigenvalue weighted by atomic mass is 9.99. The van der Waals surface area contributed by atoms with Crippen LogP contribution in [0.4, 0.5) is 39.5 Å². The Morgan fingerprint density at radius 3 is 1.56 bits per heavy atom. The predicted molar refractivity (Wildman–Crippen MR) is 99.3 cm³/mol. The smallest absolute Gasteiger partial charge is 0.429 e. The van der Waals surface area contributed by atoms with Crippen LogP contribution in [0.1, 0.15) is 17.4 Å². The van der Waals surface area contributed by atoms with Gasteiger partial charge in [0.25, 0.3) is 0 Å². The highest BCUT2D eigenvalue weighted by molar-refractivity contribution is 5.66. The Balaban J connectivity index is 2.03. The van der Waals surface area contributed by atoms with E-state index in [9.17, 15) is 39.5 Å². The number of alkyl halides is 2. The zero-order valence-corrected chi connectivity index (χ0v) is 17.2. The fraction of sp³-hybridized carbons (Fsp3) is 0.182. The summed E-state index contributed by atoms with van der Waals surface area (Å²) in [5.74, 6) is -13.6. The molecule has 34 heavy (non-hydrogen) atoms. The molecule has 0 atom stereocenters. The van der Waals surface area contributed by atoms with E-state index in [1.165, 1.54) is 14.2 Å². The Morgan fingerprint density at radius 2 is 1.12 bits per heavy atom. The molecule has 0 amide bonds. The molecular weight excluding hydrogens is 483 g/mol. The third-order valence-electron chi connectivity index (χ3n) is 4.59. The van der Waals surface area contributed by atoms with Crippen molar-refractivity contribution in [3.8, 4) is 16.9 Å². The molecule has 3 rings (SSSR count). The number of hydrogen-bond acceptors (Lipinski definition) is 3. The molecule has 0 spiro atoms. The van der Waals surface area contributed by atoms with E-state index < -0.39 is 75.6 Å². The number of benzene rings is 3. The van der Waals surface area contributed by atoms with Gasteiger partial charge in [0.05, 0.1) is 5.56 Å². The quantitative estimate of drug-likeness (QED) is 0.206. The van der Waals surface area contributed by atoms with Crippen LogP contribution in [0.3, 0.4) is 0 Å². The lowest BCUT2D eigenvalue weighted by Gasteiger charge is -2.20. The summed E-state index contributed by atoms with van der Waals surface area (Å²) in [5, 5.41) is 0. The minimum Gasteiger partial charge on any atom is -0.429 e. The molecule has 0 aliphatic rings. The molecule has 3 nitrogen and oxygen atoms in total. The zero-order chi connectivity index (χ0) is 25.4. The van der Waals surface area contributed by atoms with Crippen LogP contribution in [0, 0.1) is 40.7 Å². The topological polar surface area (TPSA) is 27.7 Å². The number of halogens is 9. The minimum atomic E-state index is -4.85. The molecule has 0 bridgehead atoms. The van der Waals surface area contributed by atoms with Gasteiger partial charge in [0.15, 0.2) is 23.7 Å². The van der Waals surface area contributed by atoms with Gasteiger partial charge in [0, 0.05) is 31.9 Å². The van der Waals surface area contributed by atoms with Crippen LogP contribution in [-0.4, -0.2) is 14.2 Å². The van der Waals surface area contributed by atoms with Gasteiger partial charge in [0.2, 0.25) is 0 Å². The maximum atomic E-state index is 14.6. The first-order valence-electron chi connectivity index (χ1n) is 9.15. The Morgan fingerprint density at radius 1 is 0.647 bits per heavy atom. The molecule has 0 aliphatic carbocycles. The van der Waals surface area contributed by atoms with E-state index in [0.717, 1.165) is 12.1 Å². The SMILES string of the molecule is COC(OC)c1cc(F)c(-c2cc(F)c(C(F)(F)Oc3cc(F)c(F)c(F)c3)c(F)c2)c(F)c1. The molecule has 12 heteroatoms. The summed E-state index contributed by atoms with van der Waals surface area (Å²) in [7, 11) is 2.39. The Hall–Kier alpha value is -3.25. The first-order valence-corrected chi connectivity index (χ1v) is 9.15. The summed E-state index contributed by atoms with van der Waals surface area (Å²) in [6, 6.07) is 2.02. The van der Waals surface area contributed by atoms with Crippen LogP contribution >= 0.6 is 0 Å². The molecule has 0 unspecified atom stereocenters. The van der Waals surface area contributed by atoms with Gasteiger partial charge in [0.1, 0.15) is 34.6 Å². The predicted octanol–water partition coefficient (Wildman–Crippen LogP) is 6.75. The van der Waals surface area contributed by atoms with Crippen LogP contribution in [0.25, 0.3) is 11.1 Å². The number of methoxy groups -OCH3 is 2. The highest BCUT2D eigenvalue weighted by atomic mass is 19.3. The third kappa shape index (κ3) is 4.82. The molecule has 182 valence electrons. The molecule has 3 aromatic carbocycles. The first kappa shape index (κ1) is 25.4. The van der Waals surface area contributed by atoms with E-state index >= 15 is 0 Å². The van der Waals surface area contributed by atoms with Gasteiger partial charge in [-0.1, -0.05) is 0 Å². The summed E-state index contributed by atoms with van der Waals surface area (Å²) in [5.41, 5.74) is -3.84. The van der Waals surface area contributed by atoms with Crippen LogP contribution in [0.5, 0.6) is 5.75 Å². The minimum absolute atomic E-state index is 0.0378. The number of hydrogen-bond donors (Lipinski definition) is 0. The molecule has 0 saturated carbocycles. The molecule has 0 radical (unpaired) electrons. The summed E-state index contributed by atoms with van der Waals surface area (Å²) >= 11 is 0. The largest absolute Gasteiger partial charge is 0.432 e. The van der Waals surface area contributed by atoms with Crippen molar-refractivity contribution in [2.75, 3.05) is 14.2 Å². The van der Waals surface area contributed by atoms with Gasteiger partial charge in [-0.3, -0.25) is 0 Å². The van der Waals surface area contributed by atoms with Crippen molar-refractivity contribution >= 4 is 0 Å². The van der Waals surface area contributed by atoms with Gasteiger partial charge in [-0.15, -0.1) is 0 Å². The van der Waals surface area contributed by atoms with Crippen molar-refractivity contribution in [1.29, 1.82) is 0 Å². The number of rotatable bonds is 7. The van der Waals surface area contributed by atoms with Crippen molar-refractivity contribution in [2.24, 2.45) is 0 Å². The second-order valence-electron chi connectivity index (χ2n) is 6.80. The van der Waals surface area contributed by atoms with Crippen LogP contribution in [0.15, 0.2) is 36.4 Å². The zero-order valence-electron chi connectivity index (χ0n) is 17.2. The third-order valence-corrected chi connectivity index (χ3v) is 4.59. The standard InChI is InChI=1S/C22H13F9O3/c1-32-21(33-2)10-5-12(23)18(13(24)6-10)9-3-14(25)19(15(26)4-9)22(30,31)34-11-7-16(27)20(29)17(28)8-11/h3-8,21H,1-2H3. The molecular formula is C22H13F9O3. The molecule has 0 heterocycles. The molecule has 0 N–H and O–H groups in total. The lowest BCUT2D eigenvalue weighted by Crippen LogP contribution is -2.25. The van der Waals surface area contributed by atoms with E-state index in [4.69, 9.17) is 9.47 Å². The fourth-order valence-electron chi connectivity index (χ4n) is 3.16. The summed E-state index contributed by atoms with van der Waals surface area (Å²) in [6.45, 7) is 0. The maximum Gasteiger partial charge on any atom is 0.432 e. The van der Waals surface area contributed by atoms with E-state index in [1.807, 2.05) is 0 Å². The van der Waals surface area contributed by atoms with E-state index in [0.29, 0.717) is 0 Å². The highest BCUT2D eigenvalue weighted by Crippen LogP contribution is 2.39. The van der Waals surface area contributed by atoms with Crippen molar-refractivity contribution in [2.45, 2.75) is 12.4 Å². The average molecular weight is 496 g/mol. The van der Waals surface area contributed by atoms with E-state index in [-0.39, 0.29) is 29.8 Å². The van der Waals surface area contributed by atoms with Crippen LogP contribution in [-0.2, 0) is 15.6 Å². The molecule has 3 aromatic rings. The summed E-state index contributed by atoms with van der Waals surface area (Å²) < 4.78 is 140. The van der Waals surface area contributed by atoms with Gasteiger partial charge in [-0.05, 0) is 29.8 Å². The van der Waals surface area contributed by atoms with Crippen molar-refractivity contribution < 1.29 is 53.7 Å². The van der Waals surface area contributed by atoms with E-state index in [2.05, 4.69) is 4.74 Å². The maximum absolute atomic E-state index is 14.6. The molecule has 0 aromatic heterocycles. The van der Waals surface area contributed by atoms with Crippen molar-refractivity contribution in [1.82, 2.24) is 0 Å². The van der Waals surface area contributed by atoms with Crippen molar-refractivity contribution in [3.63, 3.8) is 0 Å². The Bertz CT molecular complexity index is 1160. The number of ether oxygens (including phenoxy) is 3. The van der Waals surface area contributed by atoms with E-state index in [1.54, 1.807) is 0 Å². The Kier molecular flexibility index (Phi) is 7.13. The summed E-state index contributed by atoms with van der Waals surface area (Å²) in [4.78, 5) is 0. The van der Waals surface area contributed by atoms with Gasteiger partial charge < -0.3 is 14.2 Å². The normalized spacial score (nSPS) is 11.9. The van der Waals surface area contributed by atoms with Gasteiger partial charge >= 0.3 is 6.11 Å². The molecule has 0 aliphatic heterocycles. The molecule has 0 fully saturated rings. The second kappa shape index (κ2) is 9.55. The second-order valence-corrected chi connectivity index (χ2v) is 6.80. The van der Waals surface area contributed by atoms with Crippen LogP contribution in [0.2, 0.25) is 0 Å². The van der Waals surface area contributed by atoms with Gasteiger partial charge in [-0.25, -0.2) is 30.7 Å². The first-order chi connectivity index (χ1) is 15.9. The molecule has 0 saturated heterocycles. The van der Waals surface area contributed by atoms with Crippen molar-refractivity contribution in [3.05, 3.63) is 88.2 Å². The fourth-order valence-corrected chi connectivity index (χ4v) is 3.16. The summed E-state index contributed by atoms with van der Waals surface area (Å²) in [6.07, 6.45) is -6.01. The average Bonchev–Trinajstić information content (AvgIpc) is 2.71. The van der Waals surface area contributed by atoms with Gasteiger partial charge in [-0.2, -0.15) is 8.78 Å². The van der Waals surface area contributed by atoms with Crippen LogP contribution < -0.4 is 4.74 Å². The Labute approximate surface area is 186 Å². The lowest BCUT2D eigenvalue weighted by molar-refractivity contribution is -0.189. The monoisotopic (exact) mass is 496 g/mol. The highest BCUT2D eigenvalue weighted by Gasteiger charge is 2.42.